The highest BCUT2D eigenvalue weighted by molar-refractivity contribution is 7.09. The summed E-state index contributed by atoms with van der Waals surface area (Å²) in [5, 5.41) is 7.79. The molecule has 0 aliphatic rings. The van der Waals surface area contributed by atoms with Crippen LogP contribution in [0, 0.1) is 0 Å². The number of thiophene rings is 1. The topological polar surface area (TPSA) is 44.4 Å². The molecular formula is C16H21N3OS. The molecule has 0 atom stereocenters. The summed E-state index contributed by atoms with van der Waals surface area (Å²) in [6.07, 6.45) is 0.878. The first-order chi connectivity index (χ1) is 10.1. The first-order valence-electron chi connectivity index (χ1n) is 6.95. The van der Waals surface area contributed by atoms with E-state index in [0.717, 1.165) is 17.7 Å². The van der Waals surface area contributed by atoms with E-state index in [9.17, 15) is 4.79 Å². The number of hydrogen-bond donors (Lipinski definition) is 2. The average molecular weight is 303 g/mol. The molecule has 1 heterocycles. The quantitative estimate of drug-likeness (QED) is 0.862. The summed E-state index contributed by atoms with van der Waals surface area (Å²) >= 11 is 1.71. The number of amides is 2. The summed E-state index contributed by atoms with van der Waals surface area (Å²) in [6.45, 7) is 1.20. The highest BCUT2D eigenvalue weighted by Crippen LogP contribution is 2.12. The SMILES string of the molecule is CN(C)c1ccc(CNC(=O)NCCc2cccs2)cc1. The predicted octanol–water partition coefficient (Wildman–Crippen LogP) is 2.86. The van der Waals surface area contributed by atoms with Crippen molar-refractivity contribution >= 4 is 23.1 Å². The molecule has 5 heteroatoms. The molecular weight excluding hydrogens is 282 g/mol. The first-order valence-corrected chi connectivity index (χ1v) is 7.83. The Hall–Kier alpha value is -2.01. The van der Waals surface area contributed by atoms with Crippen molar-refractivity contribution in [3.8, 4) is 0 Å². The molecule has 112 valence electrons. The molecule has 0 saturated carbocycles. The summed E-state index contributed by atoms with van der Waals surface area (Å²) < 4.78 is 0. The van der Waals surface area contributed by atoms with Gasteiger partial charge in [-0.05, 0) is 35.6 Å². The van der Waals surface area contributed by atoms with Crippen LogP contribution >= 0.6 is 11.3 Å². The van der Waals surface area contributed by atoms with Crippen molar-refractivity contribution in [3.63, 3.8) is 0 Å². The number of anilines is 1. The zero-order valence-electron chi connectivity index (χ0n) is 12.4. The monoisotopic (exact) mass is 303 g/mol. The average Bonchev–Trinajstić information content (AvgIpc) is 2.99. The third kappa shape index (κ3) is 5.11. The molecule has 2 amide bonds. The van der Waals surface area contributed by atoms with Crippen molar-refractivity contribution < 1.29 is 4.79 Å². The van der Waals surface area contributed by atoms with Crippen molar-refractivity contribution in [1.82, 2.24) is 10.6 Å². The van der Waals surface area contributed by atoms with Gasteiger partial charge in [0.1, 0.15) is 0 Å². The van der Waals surface area contributed by atoms with Crippen molar-refractivity contribution in [3.05, 3.63) is 52.2 Å². The summed E-state index contributed by atoms with van der Waals surface area (Å²) in [5.74, 6) is 0. The lowest BCUT2D eigenvalue weighted by Gasteiger charge is -2.13. The minimum absolute atomic E-state index is 0.122. The van der Waals surface area contributed by atoms with Gasteiger partial charge in [-0.25, -0.2) is 4.79 Å². The minimum atomic E-state index is -0.122. The van der Waals surface area contributed by atoms with E-state index >= 15 is 0 Å². The largest absolute Gasteiger partial charge is 0.378 e. The Morgan fingerprint density at radius 3 is 2.52 bits per heavy atom. The van der Waals surface area contributed by atoms with Crippen LogP contribution < -0.4 is 15.5 Å². The fourth-order valence-electron chi connectivity index (χ4n) is 1.91. The van der Waals surface area contributed by atoms with Crippen LogP contribution in [0.25, 0.3) is 0 Å². The van der Waals surface area contributed by atoms with Gasteiger partial charge in [0.25, 0.3) is 0 Å². The van der Waals surface area contributed by atoms with Crippen molar-refractivity contribution in [2.24, 2.45) is 0 Å². The summed E-state index contributed by atoms with van der Waals surface area (Å²) in [6, 6.07) is 12.1. The van der Waals surface area contributed by atoms with Crippen LogP contribution in [-0.4, -0.2) is 26.7 Å². The molecule has 1 aromatic heterocycles. The molecule has 0 aliphatic heterocycles. The van der Waals surface area contributed by atoms with Gasteiger partial charge in [0, 0.05) is 37.7 Å². The summed E-state index contributed by atoms with van der Waals surface area (Å²) in [7, 11) is 4.02. The van der Waals surface area contributed by atoms with Gasteiger partial charge in [0.15, 0.2) is 0 Å². The molecule has 4 nitrogen and oxygen atoms in total. The Kier molecular flexibility index (Phi) is 5.63. The summed E-state index contributed by atoms with van der Waals surface area (Å²) in [5.41, 5.74) is 2.24. The van der Waals surface area contributed by atoms with Gasteiger partial charge in [0.2, 0.25) is 0 Å². The number of nitrogens with one attached hydrogen (secondary N) is 2. The molecule has 0 fully saturated rings. The standard InChI is InChI=1S/C16H21N3OS/c1-19(2)14-7-5-13(6-8-14)12-18-16(20)17-10-9-15-4-3-11-21-15/h3-8,11H,9-10,12H2,1-2H3,(H2,17,18,20). The van der Waals surface area contributed by atoms with Crippen LogP contribution in [0.5, 0.6) is 0 Å². The molecule has 0 bridgehead atoms. The highest BCUT2D eigenvalue weighted by Gasteiger charge is 2.01. The molecule has 0 radical (unpaired) electrons. The smallest absolute Gasteiger partial charge is 0.315 e. The maximum absolute atomic E-state index is 11.7. The Morgan fingerprint density at radius 2 is 1.90 bits per heavy atom. The normalized spacial score (nSPS) is 10.2. The number of benzene rings is 1. The lowest BCUT2D eigenvalue weighted by Crippen LogP contribution is -2.36. The Bertz CT molecular complexity index is 549. The van der Waals surface area contributed by atoms with Gasteiger partial charge in [-0.15, -0.1) is 11.3 Å². The second-order valence-corrected chi connectivity index (χ2v) is 6.03. The van der Waals surface area contributed by atoms with Gasteiger partial charge >= 0.3 is 6.03 Å². The Balaban J connectivity index is 1.68. The van der Waals surface area contributed by atoms with Crippen LogP contribution in [-0.2, 0) is 13.0 Å². The van der Waals surface area contributed by atoms with Gasteiger partial charge in [-0.3, -0.25) is 0 Å². The van der Waals surface area contributed by atoms with Crippen molar-refractivity contribution in [2.75, 3.05) is 25.5 Å². The van der Waals surface area contributed by atoms with Gasteiger partial charge in [-0.2, -0.15) is 0 Å². The third-order valence-electron chi connectivity index (χ3n) is 3.14. The van der Waals surface area contributed by atoms with Crippen LogP contribution in [0.15, 0.2) is 41.8 Å². The second kappa shape index (κ2) is 7.69. The van der Waals surface area contributed by atoms with E-state index in [4.69, 9.17) is 0 Å². The van der Waals surface area contributed by atoms with Gasteiger partial charge in [0.05, 0.1) is 0 Å². The fraction of sp³-hybridized carbons (Fsp3) is 0.312. The van der Waals surface area contributed by atoms with E-state index in [2.05, 4.69) is 21.6 Å². The van der Waals surface area contributed by atoms with Gasteiger partial charge < -0.3 is 15.5 Å². The molecule has 21 heavy (non-hydrogen) atoms. The molecule has 0 aliphatic carbocycles. The fourth-order valence-corrected chi connectivity index (χ4v) is 2.62. The van der Waals surface area contributed by atoms with E-state index in [0.29, 0.717) is 13.1 Å². The minimum Gasteiger partial charge on any atom is -0.378 e. The third-order valence-corrected chi connectivity index (χ3v) is 4.08. The predicted molar refractivity (Wildman–Crippen MR) is 89.0 cm³/mol. The van der Waals surface area contributed by atoms with Crippen LogP contribution in [0.1, 0.15) is 10.4 Å². The maximum atomic E-state index is 11.7. The molecule has 2 rings (SSSR count). The maximum Gasteiger partial charge on any atom is 0.315 e. The van der Waals surface area contributed by atoms with Crippen LogP contribution in [0.4, 0.5) is 10.5 Å². The number of urea groups is 1. The zero-order chi connectivity index (χ0) is 15.1. The lowest BCUT2D eigenvalue weighted by molar-refractivity contribution is 0.240. The second-order valence-electron chi connectivity index (χ2n) is 5.00. The zero-order valence-corrected chi connectivity index (χ0v) is 13.2. The van der Waals surface area contributed by atoms with E-state index < -0.39 is 0 Å². The molecule has 0 saturated heterocycles. The summed E-state index contributed by atoms with van der Waals surface area (Å²) in [4.78, 5) is 15.0. The number of carbonyl (C=O) groups is 1. The van der Waals surface area contributed by atoms with E-state index in [-0.39, 0.29) is 6.03 Å². The number of carbonyl (C=O) groups excluding carboxylic acids is 1. The molecule has 2 aromatic rings. The Morgan fingerprint density at radius 1 is 1.14 bits per heavy atom. The molecule has 0 spiro atoms. The molecule has 0 unspecified atom stereocenters. The number of nitrogens with zero attached hydrogens (tertiary/aromatic N) is 1. The first kappa shape index (κ1) is 15.4. The lowest BCUT2D eigenvalue weighted by atomic mass is 10.2. The molecule has 2 N–H and O–H groups in total. The Labute approximate surface area is 129 Å². The van der Waals surface area contributed by atoms with Crippen LogP contribution in [0.3, 0.4) is 0 Å². The van der Waals surface area contributed by atoms with Crippen molar-refractivity contribution in [1.29, 1.82) is 0 Å². The van der Waals surface area contributed by atoms with Gasteiger partial charge in [-0.1, -0.05) is 18.2 Å². The van der Waals surface area contributed by atoms with E-state index in [1.807, 2.05) is 49.8 Å². The number of hydrogen-bond acceptors (Lipinski definition) is 3. The molecule has 1 aromatic carbocycles. The van der Waals surface area contributed by atoms with E-state index in [1.165, 1.54) is 4.88 Å². The number of rotatable bonds is 6. The highest BCUT2D eigenvalue weighted by atomic mass is 32.1. The van der Waals surface area contributed by atoms with Crippen molar-refractivity contribution in [2.45, 2.75) is 13.0 Å². The van der Waals surface area contributed by atoms with Crippen LogP contribution in [0.2, 0.25) is 0 Å². The van der Waals surface area contributed by atoms with E-state index in [1.54, 1.807) is 11.3 Å².